The second-order valence-corrected chi connectivity index (χ2v) is 6.97. The van der Waals surface area contributed by atoms with Gasteiger partial charge in [0.15, 0.2) is 0 Å². The molecule has 122 valence electrons. The first kappa shape index (κ1) is 19.4. The van der Waals surface area contributed by atoms with Gasteiger partial charge in [-0.05, 0) is 54.9 Å². The minimum Gasteiger partial charge on any atom is -0.458 e. The van der Waals surface area contributed by atoms with Gasteiger partial charge in [-0.25, -0.2) is 9.59 Å². The highest BCUT2D eigenvalue weighted by Crippen LogP contribution is 2.12. The van der Waals surface area contributed by atoms with E-state index in [4.69, 9.17) is 9.47 Å². The zero-order chi connectivity index (χ0) is 16.8. The first-order valence-corrected chi connectivity index (χ1v) is 7.02. The van der Waals surface area contributed by atoms with Crippen LogP contribution in [0.1, 0.15) is 61.3 Å². The van der Waals surface area contributed by atoms with Crippen LogP contribution in [-0.2, 0) is 19.1 Å². The topological polar surface area (TPSA) is 81.7 Å². The van der Waals surface area contributed by atoms with E-state index in [1.54, 1.807) is 41.5 Å². The number of alkyl carbamates (subject to hydrolysis) is 1. The second-order valence-electron chi connectivity index (χ2n) is 6.97. The molecule has 0 fully saturated rings. The van der Waals surface area contributed by atoms with Crippen LogP contribution < -0.4 is 5.32 Å². The average Bonchev–Trinajstić information content (AvgIpc) is 2.18. The predicted octanol–water partition coefficient (Wildman–Crippen LogP) is 2.59. The van der Waals surface area contributed by atoms with Gasteiger partial charge in [0, 0.05) is 6.42 Å². The Morgan fingerprint density at radius 1 is 0.952 bits per heavy atom. The third kappa shape index (κ3) is 10.8. The van der Waals surface area contributed by atoms with E-state index in [1.165, 1.54) is 6.92 Å². The van der Waals surface area contributed by atoms with Crippen LogP contribution in [0, 0.1) is 0 Å². The van der Waals surface area contributed by atoms with Crippen LogP contribution in [0.3, 0.4) is 0 Å². The van der Waals surface area contributed by atoms with Crippen molar-refractivity contribution >= 4 is 17.8 Å². The quantitative estimate of drug-likeness (QED) is 0.789. The minimum absolute atomic E-state index is 0.0606. The predicted molar refractivity (Wildman–Crippen MR) is 78.9 cm³/mol. The highest BCUT2D eigenvalue weighted by Gasteiger charge is 2.28. The molecule has 0 aromatic rings. The zero-order valence-electron chi connectivity index (χ0n) is 14.0. The maximum Gasteiger partial charge on any atom is 0.408 e. The fraction of sp³-hybridized carbons (Fsp3) is 0.800. The molecule has 0 unspecified atom stereocenters. The van der Waals surface area contributed by atoms with E-state index in [9.17, 15) is 14.4 Å². The maximum absolute atomic E-state index is 12.1. The first-order valence-electron chi connectivity index (χ1n) is 7.02. The number of nitrogens with one attached hydrogen (secondary N) is 1. The molecule has 0 aliphatic heterocycles. The normalized spacial score (nSPS) is 13.3. The molecule has 0 bridgehead atoms. The van der Waals surface area contributed by atoms with Crippen molar-refractivity contribution in [2.24, 2.45) is 0 Å². The van der Waals surface area contributed by atoms with Crippen LogP contribution in [0.15, 0.2) is 0 Å². The van der Waals surface area contributed by atoms with Gasteiger partial charge < -0.3 is 19.6 Å². The molecule has 1 atom stereocenters. The Morgan fingerprint density at radius 2 is 1.43 bits per heavy atom. The smallest absolute Gasteiger partial charge is 0.408 e. The summed E-state index contributed by atoms with van der Waals surface area (Å²) in [5.74, 6) is -0.635. The van der Waals surface area contributed by atoms with E-state index in [0.29, 0.717) is 0 Å². The molecule has 0 aromatic carbocycles. The number of carbonyl (C=O) groups excluding carboxylic acids is 3. The molecule has 6 nitrogen and oxygen atoms in total. The third-order valence-corrected chi connectivity index (χ3v) is 2.17. The molecule has 6 heteroatoms. The number of Topliss-reactive ketones (excluding diaryl/α,β-unsaturated/α-hetero) is 1. The number of hydrogen-bond donors (Lipinski definition) is 1. The van der Waals surface area contributed by atoms with Gasteiger partial charge in [0.25, 0.3) is 0 Å². The second kappa shape index (κ2) is 7.43. The summed E-state index contributed by atoms with van der Waals surface area (Å²) >= 11 is 0. The van der Waals surface area contributed by atoms with Crippen molar-refractivity contribution < 1.29 is 23.9 Å². The third-order valence-electron chi connectivity index (χ3n) is 2.17. The summed E-state index contributed by atoms with van der Waals surface area (Å²) in [4.78, 5) is 34.9. The Hall–Kier alpha value is -1.59. The number of hydrogen-bond acceptors (Lipinski definition) is 5. The Balaban J connectivity index is 4.77. The average molecular weight is 301 g/mol. The van der Waals surface area contributed by atoms with Crippen LogP contribution in [0.4, 0.5) is 4.79 Å². The molecule has 0 rings (SSSR count). The van der Waals surface area contributed by atoms with Crippen molar-refractivity contribution in [1.29, 1.82) is 0 Å². The van der Waals surface area contributed by atoms with Gasteiger partial charge in [-0.3, -0.25) is 0 Å². The zero-order valence-corrected chi connectivity index (χ0v) is 14.0. The number of ketones is 1. The molecule has 0 saturated carbocycles. The van der Waals surface area contributed by atoms with E-state index in [1.807, 2.05) is 0 Å². The Labute approximate surface area is 126 Å². The van der Waals surface area contributed by atoms with E-state index in [0.717, 1.165) is 0 Å². The van der Waals surface area contributed by atoms with Crippen LogP contribution in [0.25, 0.3) is 0 Å². The Morgan fingerprint density at radius 3 is 1.81 bits per heavy atom. The van der Waals surface area contributed by atoms with Gasteiger partial charge in [0.1, 0.15) is 23.0 Å². The SMILES string of the molecule is CC(=O)CC[C@H](NC(=O)OC(C)(C)C)C(=O)OC(C)(C)C. The van der Waals surface area contributed by atoms with Gasteiger partial charge in [-0.15, -0.1) is 0 Å². The van der Waals surface area contributed by atoms with Crippen molar-refractivity contribution in [3.8, 4) is 0 Å². The summed E-state index contributed by atoms with van der Waals surface area (Å²) in [7, 11) is 0. The lowest BCUT2D eigenvalue weighted by Gasteiger charge is -2.26. The van der Waals surface area contributed by atoms with Crippen LogP contribution in [0.5, 0.6) is 0 Å². The molecule has 0 heterocycles. The van der Waals surface area contributed by atoms with Crippen molar-refractivity contribution in [2.45, 2.75) is 78.6 Å². The Bertz CT molecular complexity index is 390. The monoisotopic (exact) mass is 301 g/mol. The fourth-order valence-electron chi connectivity index (χ4n) is 1.42. The fourth-order valence-corrected chi connectivity index (χ4v) is 1.42. The van der Waals surface area contributed by atoms with Gasteiger partial charge in [-0.2, -0.15) is 0 Å². The van der Waals surface area contributed by atoms with Crippen LogP contribution in [0.2, 0.25) is 0 Å². The summed E-state index contributed by atoms with van der Waals surface area (Å²) < 4.78 is 10.4. The molecule has 21 heavy (non-hydrogen) atoms. The maximum atomic E-state index is 12.1. The molecular formula is C15H27NO5. The number of amides is 1. The van der Waals surface area contributed by atoms with Crippen molar-refractivity contribution in [3.05, 3.63) is 0 Å². The summed E-state index contributed by atoms with van der Waals surface area (Å²) in [6.07, 6.45) is -0.342. The van der Waals surface area contributed by atoms with Crippen LogP contribution >= 0.6 is 0 Å². The van der Waals surface area contributed by atoms with E-state index >= 15 is 0 Å². The lowest BCUT2D eigenvalue weighted by Crippen LogP contribution is -2.46. The molecule has 0 aliphatic carbocycles. The lowest BCUT2D eigenvalue weighted by atomic mass is 10.1. The molecule has 0 aromatic heterocycles. The summed E-state index contributed by atoms with van der Waals surface area (Å²) in [6.45, 7) is 11.8. The van der Waals surface area contributed by atoms with E-state index in [2.05, 4.69) is 5.32 Å². The van der Waals surface area contributed by atoms with Gasteiger partial charge in [0.05, 0.1) is 0 Å². The van der Waals surface area contributed by atoms with Crippen LogP contribution in [-0.4, -0.2) is 35.1 Å². The van der Waals surface area contributed by atoms with Crippen molar-refractivity contribution in [3.63, 3.8) is 0 Å². The molecule has 0 saturated heterocycles. The van der Waals surface area contributed by atoms with E-state index < -0.39 is 29.3 Å². The number of rotatable bonds is 5. The van der Waals surface area contributed by atoms with Crippen molar-refractivity contribution in [2.75, 3.05) is 0 Å². The van der Waals surface area contributed by atoms with Gasteiger partial charge >= 0.3 is 12.1 Å². The largest absolute Gasteiger partial charge is 0.458 e. The van der Waals surface area contributed by atoms with Gasteiger partial charge in [-0.1, -0.05) is 0 Å². The minimum atomic E-state index is -0.900. The number of esters is 1. The summed E-state index contributed by atoms with van der Waals surface area (Å²) in [5, 5.41) is 2.46. The highest BCUT2D eigenvalue weighted by atomic mass is 16.6. The lowest BCUT2D eigenvalue weighted by molar-refractivity contribution is -0.157. The van der Waals surface area contributed by atoms with Crippen molar-refractivity contribution in [1.82, 2.24) is 5.32 Å². The van der Waals surface area contributed by atoms with Gasteiger partial charge in [0.2, 0.25) is 0 Å². The van der Waals surface area contributed by atoms with E-state index in [-0.39, 0.29) is 18.6 Å². The molecule has 0 aliphatic rings. The standard InChI is InChI=1S/C15H27NO5/c1-10(17)8-9-11(12(18)20-14(2,3)4)16-13(19)21-15(5,6)7/h11H,8-9H2,1-7H3,(H,16,19)/t11-/m0/s1. The molecule has 0 spiro atoms. The molecule has 1 N–H and O–H groups in total. The highest BCUT2D eigenvalue weighted by molar-refractivity contribution is 5.83. The molecular weight excluding hydrogens is 274 g/mol. The molecule has 1 amide bonds. The summed E-state index contributed by atoms with van der Waals surface area (Å²) in [6, 6.07) is -0.900. The Kier molecular flexibility index (Phi) is 6.86. The molecule has 0 radical (unpaired) electrons. The summed E-state index contributed by atoms with van der Waals surface area (Å²) in [5.41, 5.74) is -1.33. The number of carbonyl (C=O) groups is 3. The number of ether oxygens (including phenoxy) is 2. The first-order chi connectivity index (χ1) is 9.30.